The summed E-state index contributed by atoms with van der Waals surface area (Å²) in [5.41, 5.74) is 0.579. The molecule has 5 nitrogen and oxygen atoms in total. The number of H-pyrrole nitrogens is 2. The highest BCUT2D eigenvalue weighted by molar-refractivity contribution is 6.30. The molecule has 84 valence electrons. The van der Waals surface area contributed by atoms with Crippen molar-refractivity contribution in [3.05, 3.63) is 21.3 Å². The Morgan fingerprint density at radius 1 is 1.27 bits per heavy atom. The van der Waals surface area contributed by atoms with Gasteiger partial charge >= 0.3 is 5.69 Å². The highest BCUT2D eigenvalue weighted by atomic mass is 35.5. The van der Waals surface area contributed by atoms with Crippen LogP contribution in [-0.4, -0.2) is 47.6 Å². The molecule has 3 N–H and O–H groups in total. The summed E-state index contributed by atoms with van der Waals surface area (Å²) in [5, 5.41) is 3.74. The van der Waals surface area contributed by atoms with Crippen LogP contribution in [0.15, 0.2) is 4.79 Å². The number of nitrogens with zero attached hydrogens (tertiary/aromatic N) is 1. The van der Waals surface area contributed by atoms with E-state index in [1.165, 1.54) is 0 Å². The van der Waals surface area contributed by atoms with Gasteiger partial charge in [-0.3, -0.25) is 4.98 Å². The van der Waals surface area contributed by atoms with Crippen LogP contribution < -0.4 is 11.0 Å². The fourth-order valence-corrected chi connectivity index (χ4v) is 2.00. The molecule has 0 radical (unpaired) electrons. The molecule has 2 rings (SSSR count). The van der Waals surface area contributed by atoms with Crippen molar-refractivity contribution in [3.63, 3.8) is 0 Å². The topological polar surface area (TPSA) is 63.9 Å². The summed E-state index contributed by atoms with van der Waals surface area (Å²) in [5.74, 6) is 0. The molecule has 0 aliphatic carbocycles. The Hall–Kier alpha value is -0.780. The Morgan fingerprint density at radius 2 is 2.00 bits per heavy atom. The normalized spacial score (nSPS) is 18.2. The molecular formula is C9H15ClN4O. The molecule has 6 heteroatoms. The Labute approximate surface area is 92.8 Å². The zero-order chi connectivity index (χ0) is 10.7. The minimum Gasteiger partial charge on any atom is -0.314 e. The summed E-state index contributed by atoms with van der Waals surface area (Å²) in [6, 6.07) is 0. The van der Waals surface area contributed by atoms with Crippen LogP contribution in [0.1, 0.15) is 5.69 Å². The lowest BCUT2D eigenvalue weighted by Gasteiger charge is -2.26. The van der Waals surface area contributed by atoms with E-state index in [4.69, 9.17) is 11.6 Å². The predicted octanol–water partition coefficient (Wildman–Crippen LogP) is -0.196. The lowest BCUT2D eigenvalue weighted by Crippen LogP contribution is -2.44. The average Bonchev–Trinajstić information content (AvgIpc) is 2.56. The molecule has 15 heavy (non-hydrogen) atoms. The van der Waals surface area contributed by atoms with Crippen molar-refractivity contribution in [1.82, 2.24) is 20.2 Å². The van der Waals surface area contributed by atoms with E-state index in [2.05, 4.69) is 20.2 Å². The molecule has 0 spiro atoms. The molecule has 1 aliphatic heterocycles. The average molecular weight is 231 g/mol. The van der Waals surface area contributed by atoms with Crippen molar-refractivity contribution >= 4 is 11.6 Å². The standard InChI is InChI=1S/C9H15ClN4O/c10-8-7(12-9(15)13-8)1-4-14-5-2-11-3-6-14/h11H,1-6H2,(H2,12,13,15). The molecule has 2 heterocycles. The lowest BCUT2D eigenvalue weighted by atomic mass is 10.3. The molecule has 0 saturated carbocycles. The van der Waals surface area contributed by atoms with E-state index in [0.29, 0.717) is 5.15 Å². The summed E-state index contributed by atoms with van der Waals surface area (Å²) < 4.78 is 0. The molecule has 0 unspecified atom stereocenters. The van der Waals surface area contributed by atoms with E-state index < -0.39 is 0 Å². The van der Waals surface area contributed by atoms with Crippen molar-refractivity contribution in [2.75, 3.05) is 32.7 Å². The number of hydrogen-bond donors (Lipinski definition) is 3. The third-order valence-electron chi connectivity index (χ3n) is 2.64. The highest BCUT2D eigenvalue weighted by Gasteiger charge is 2.11. The zero-order valence-electron chi connectivity index (χ0n) is 8.48. The van der Waals surface area contributed by atoms with Gasteiger partial charge < -0.3 is 15.2 Å². The summed E-state index contributed by atoms with van der Waals surface area (Å²) in [7, 11) is 0. The summed E-state index contributed by atoms with van der Waals surface area (Å²) >= 11 is 5.85. The first-order chi connectivity index (χ1) is 7.25. The van der Waals surface area contributed by atoms with Gasteiger partial charge in [-0.25, -0.2) is 4.79 Å². The van der Waals surface area contributed by atoms with E-state index in [9.17, 15) is 4.79 Å². The van der Waals surface area contributed by atoms with Gasteiger partial charge in [0.05, 0.1) is 5.69 Å². The van der Waals surface area contributed by atoms with Gasteiger partial charge in [0.15, 0.2) is 0 Å². The Balaban J connectivity index is 1.86. The fraction of sp³-hybridized carbons (Fsp3) is 0.667. The number of aromatic nitrogens is 2. The molecule has 1 saturated heterocycles. The first kappa shape index (κ1) is 10.7. The Bertz CT molecular complexity index is 366. The maximum Gasteiger partial charge on any atom is 0.324 e. The monoisotopic (exact) mass is 230 g/mol. The molecule has 0 atom stereocenters. The minimum atomic E-state index is -0.227. The van der Waals surface area contributed by atoms with Crippen LogP contribution in [0.4, 0.5) is 0 Å². The third-order valence-corrected chi connectivity index (χ3v) is 2.96. The number of piperazine rings is 1. The van der Waals surface area contributed by atoms with E-state index in [1.807, 2.05) is 0 Å². The largest absolute Gasteiger partial charge is 0.324 e. The van der Waals surface area contributed by atoms with Gasteiger partial charge in [0.1, 0.15) is 5.15 Å². The molecule has 0 aromatic carbocycles. The summed E-state index contributed by atoms with van der Waals surface area (Å²) in [6.07, 6.45) is 0.789. The number of aromatic amines is 2. The lowest BCUT2D eigenvalue weighted by molar-refractivity contribution is 0.243. The molecular weight excluding hydrogens is 216 g/mol. The molecule has 1 aliphatic rings. The van der Waals surface area contributed by atoms with E-state index >= 15 is 0 Å². The number of hydrogen-bond acceptors (Lipinski definition) is 3. The summed E-state index contributed by atoms with van der Waals surface area (Å²) in [4.78, 5) is 18.5. The first-order valence-electron chi connectivity index (χ1n) is 5.15. The molecule has 1 fully saturated rings. The van der Waals surface area contributed by atoms with Crippen molar-refractivity contribution < 1.29 is 0 Å². The first-order valence-corrected chi connectivity index (χ1v) is 5.53. The molecule has 1 aromatic heterocycles. The number of halogens is 1. The maximum atomic E-state index is 10.9. The zero-order valence-corrected chi connectivity index (χ0v) is 9.23. The molecule has 0 bridgehead atoms. The van der Waals surface area contributed by atoms with Crippen LogP contribution in [0.25, 0.3) is 0 Å². The Morgan fingerprint density at radius 3 is 2.60 bits per heavy atom. The van der Waals surface area contributed by atoms with Crippen LogP contribution >= 0.6 is 11.6 Å². The van der Waals surface area contributed by atoms with Gasteiger partial charge in [-0.15, -0.1) is 0 Å². The molecule has 1 aromatic rings. The van der Waals surface area contributed by atoms with Crippen LogP contribution in [0.2, 0.25) is 5.15 Å². The second-order valence-electron chi connectivity index (χ2n) is 3.71. The second kappa shape index (κ2) is 4.83. The van der Waals surface area contributed by atoms with Gasteiger partial charge in [-0.2, -0.15) is 0 Å². The fourth-order valence-electron chi connectivity index (χ4n) is 1.78. The van der Waals surface area contributed by atoms with E-state index in [0.717, 1.165) is 44.8 Å². The van der Waals surface area contributed by atoms with Crippen LogP contribution in [-0.2, 0) is 6.42 Å². The number of imidazole rings is 1. The number of rotatable bonds is 3. The highest BCUT2D eigenvalue weighted by Crippen LogP contribution is 2.08. The van der Waals surface area contributed by atoms with Gasteiger partial charge in [0, 0.05) is 39.1 Å². The summed E-state index contributed by atoms with van der Waals surface area (Å²) in [6.45, 7) is 5.14. The van der Waals surface area contributed by atoms with Gasteiger partial charge in [-0.05, 0) is 0 Å². The van der Waals surface area contributed by atoms with Crippen molar-refractivity contribution in [2.45, 2.75) is 6.42 Å². The van der Waals surface area contributed by atoms with Crippen molar-refractivity contribution in [3.8, 4) is 0 Å². The predicted molar refractivity (Wildman–Crippen MR) is 59.4 cm³/mol. The van der Waals surface area contributed by atoms with Crippen LogP contribution in [0.3, 0.4) is 0 Å². The quantitative estimate of drug-likeness (QED) is 0.674. The maximum absolute atomic E-state index is 10.9. The van der Waals surface area contributed by atoms with Crippen molar-refractivity contribution in [2.24, 2.45) is 0 Å². The van der Waals surface area contributed by atoms with Crippen molar-refractivity contribution in [1.29, 1.82) is 0 Å². The van der Waals surface area contributed by atoms with Gasteiger partial charge in [-0.1, -0.05) is 11.6 Å². The van der Waals surface area contributed by atoms with Gasteiger partial charge in [0.25, 0.3) is 0 Å². The van der Waals surface area contributed by atoms with Crippen LogP contribution in [0, 0.1) is 0 Å². The van der Waals surface area contributed by atoms with Crippen LogP contribution in [0.5, 0.6) is 0 Å². The SMILES string of the molecule is O=c1[nH]c(Cl)c(CCN2CCNCC2)[nH]1. The minimum absolute atomic E-state index is 0.227. The smallest absolute Gasteiger partial charge is 0.314 e. The second-order valence-corrected chi connectivity index (χ2v) is 4.09. The third kappa shape index (κ3) is 2.84. The van der Waals surface area contributed by atoms with Gasteiger partial charge in [0.2, 0.25) is 0 Å². The van der Waals surface area contributed by atoms with E-state index in [-0.39, 0.29) is 5.69 Å². The Kier molecular flexibility index (Phi) is 3.45. The number of nitrogens with one attached hydrogen (secondary N) is 3. The molecule has 0 amide bonds. The van der Waals surface area contributed by atoms with E-state index in [1.54, 1.807) is 0 Å².